The van der Waals surface area contributed by atoms with Gasteiger partial charge in [-0.15, -0.1) is 11.8 Å². The molecule has 0 unspecified atom stereocenters. The van der Waals surface area contributed by atoms with Gasteiger partial charge in [0.25, 0.3) is 0 Å². The lowest BCUT2D eigenvalue weighted by Crippen LogP contribution is -1.90. The highest BCUT2D eigenvalue weighted by molar-refractivity contribution is 7.98. The van der Waals surface area contributed by atoms with Crippen LogP contribution in [0.5, 0.6) is 0 Å². The number of thioether (sulfide) groups is 1. The SMILES string of the molecule is CSc1cnn(CF)c1. The van der Waals surface area contributed by atoms with E-state index < -0.39 is 6.80 Å². The first kappa shape index (κ1) is 6.61. The normalized spacial score (nSPS) is 10.0. The molecule has 4 heteroatoms. The van der Waals surface area contributed by atoms with E-state index in [0.29, 0.717) is 0 Å². The Kier molecular flexibility index (Phi) is 2.10. The Hall–Kier alpha value is -0.510. The van der Waals surface area contributed by atoms with Crippen molar-refractivity contribution in [2.45, 2.75) is 11.7 Å². The molecule has 1 aromatic heterocycles. The fraction of sp³-hybridized carbons (Fsp3) is 0.400. The summed E-state index contributed by atoms with van der Waals surface area (Å²) < 4.78 is 13.0. The molecule has 0 spiro atoms. The van der Waals surface area contributed by atoms with E-state index in [0.717, 1.165) is 4.90 Å². The summed E-state index contributed by atoms with van der Waals surface area (Å²) in [6.45, 7) is -0.541. The van der Waals surface area contributed by atoms with Gasteiger partial charge >= 0.3 is 0 Å². The summed E-state index contributed by atoms with van der Waals surface area (Å²) >= 11 is 1.55. The highest BCUT2D eigenvalue weighted by Crippen LogP contribution is 2.11. The van der Waals surface area contributed by atoms with Crippen LogP contribution < -0.4 is 0 Å². The summed E-state index contributed by atoms with van der Waals surface area (Å²) in [5.74, 6) is 0. The molecule has 0 aliphatic rings. The molecule has 0 atom stereocenters. The van der Waals surface area contributed by atoms with E-state index in [4.69, 9.17) is 0 Å². The molecule has 0 amide bonds. The second-order valence-electron chi connectivity index (χ2n) is 1.54. The first-order valence-electron chi connectivity index (χ1n) is 2.49. The molecular formula is C5H7FN2S. The predicted octanol–water partition coefficient (Wildman–Crippen LogP) is 1.53. The number of alkyl halides is 1. The van der Waals surface area contributed by atoms with Crippen molar-refractivity contribution in [2.75, 3.05) is 6.26 Å². The van der Waals surface area contributed by atoms with Gasteiger partial charge in [-0.05, 0) is 6.26 Å². The maximum atomic E-state index is 11.8. The zero-order chi connectivity index (χ0) is 6.69. The topological polar surface area (TPSA) is 17.8 Å². The number of rotatable bonds is 2. The van der Waals surface area contributed by atoms with E-state index in [9.17, 15) is 4.39 Å². The zero-order valence-corrected chi connectivity index (χ0v) is 5.86. The second-order valence-corrected chi connectivity index (χ2v) is 2.42. The molecule has 0 N–H and O–H groups in total. The summed E-state index contributed by atoms with van der Waals surface area (Å²) in [4.78, 5) is 0.993. The van der Waals surface area contributed by atoms with Gasteiger partial charge in [0.05, 0.1) is 6.20 Å². The third kappa shape index (κ3) is 1.45. The molecule has 0 fully saturated rings. The Morgan fingerprint density at radius 2 is 2.67 bits per heavy atom. The summed E-state index contributed by atoms with van der Waals surface area (Å²) in [6.07, 6.45) is 5.24. The molecule has 2 nitrogen and oxygen atoms in total. The van der Waals surface area contributed by atoms with E-state index in [1.54, 1.807) is 24.2 Å². The van der Waals surface area contributed by atoms with Gasteiger partial charge in [-0.2, -0.15) is 5.10 Å². The van der Waals surface area contributed by atoms with Crippen LogP contribution >= 0.6 is 11.8 Å². The fourth-order valence-electron chi connectivity index (χ4n) is 0.515. The van der Waals surface area contributed by atoms with Crippen LogP contribution in [0.4, 0.5) is 4.39 Å². The van der Waals surface area contributed by atoms with Crippen molar-refractivity contribution in [2.24, 2.45) is 0 Å². The Balaban J connectivity index is 2.74. The molecule has 1 aromatic rings. The lowest BCUT2D eigenvalue weighted by atomic mass is 10.7. The monoisotopic (exact) mass is 146 g/mol. The van der Waals surface area contributed by atoms with E-state index in [2.05, 4.69) is 5.10 Å². The largest absolute Gasteiger partial charge is 0.241 e. The molecule has 0 aliphatic carbocycles. The first-order valence-corrected chi connectivity index (χ1v) is 3.71. The van der Waals surface area contributed by atoms with Crippen LogP contribution in [0, 0.1) is 0 Å². The van der Waals surface area contributed by atoms with Gasteiger partial charge in [0.1, 0.15) is 0 Å². The molecule has 0 bridgehead atoms. The van der Waals surface area contributed by atoms with Crippen molar-refractivity contribution >= 4 is 11.8 Å². The third-order valence-electron chi connectivity index (χ3n) is 0.968. The van der Waals surface area contributed by atoms with Crippen molar-refractivity contribution < 1.29 is 4.39 Å². The molecule has 50 valence electrons. The Labute approximate surface area is 57.1 Å². The van der Waals surface area contributed by atoms with Crippen molar-refractivity contribution in [3.63, 3.8) is 0 Å². The molecule has 0 radical (unpaired) electrons. The summed E-state index contributed by atoms with van der Waals surface area (Å²) in [7, 11) is 0. The van der Waals surface area contributed by atoms with Gasteiger partial charge in [0.2, 0.25) is 0 Å². The predicted molar refractivity (Wildman–Crippen MR) is 35.1 cm³/mol. The van der Waals surface area contributed by atoms with Crippen LogP contribution in [-0.2, 0) is 6.80 Å². The van der Waals surface area contributed by atoms with Crippen LogP contribution in [0.1, 0.15) is 0 Å². The van der Waals surface area contributed by atoms with Gasteiger partial charge in [-0.25, -0.2) is 9.07 Å². The Morgan fingerprint density at radius 1 is 1.89 bits per heavy atom. The number of halogens is 1. The maximum absolute atomic E-state index is 11.8. The number of aromatic nitrogens is 2. The molecule has 1 heterocycles. The molecule has 0 saturated carbocycles. The molecule has 0 aromatic carbocycles. The number of hydrogen-bond donors (Lipinski definition) is 0. The van der Waals surface area contributed by atoms with Crippen molar-refractivity contribution in [3.8, 4) is 0 Å². The van der Waals surface area contributed by atoms with E-state index >= 15 is 0 Å². The first-order chi connectivity index (χ1) is 4.36. The van der Waals surface area contributed by atoms with Crippen LogP contribution in [-0.4, -0.2) is 16.0 Å². The van der Waals surface area contributed by atoms with Gasteiger partial charge < -0.3 is 0 Å². The van der Waals surface area contributed by atoms with E-state index in [-0.39, 0.29) is 0 Å². The molecule has 9 heavy (non-hydrogen) atoms. The van der Waals surface area contributed by atoms with Crippen LogP contribution in [0.3, 0.4) is 0 Å². The van der Waals surface area contributed by atoms with Crippen LogP contribution in [0.2, 0.25) is 0 Å². The molecule has 1 rings (SSSR count). The van der Waals surface area contributed by atoms with Crippen LogP contribution in [0.25, 0.3) is 0 Å². The number of nitrogens with zero attached hydrogens (tertiary/aromatic N) is 2. The fourth-order valence-corrected chi connectivity index (χ4v) is 0.895. The summed E-state index contributed by atoms with van der Waals surface area (Å²) in [5.41, 5.74) is 0. The van der Waals surface area contributed by atoms with Crippen molar-refractivity contribution in [1.29, 1.82) is 0 Å². The quantitative estimate of drug-likeness (QED) is 0.589. The minimum atomic E-state index is -0.541. The van der Waals surface area contributed by atoms with Crippen molar-refractivity contribution in [1.82, 2.24) is 9.78 Å². The van der Waals surface area contributed by atoms with Gasteiger partial charge in [-0.3, -0.25) is 0 Å². The minimum Gasteiger partial charge on any atom is -0.241 e. The van der Waals surface area contributed by atoms with Gasteiger partial charge in [0, 0.05) is 11.1 Å². The van der Waals surface area contributed by atoms with E-state index in [1.165, 1.54) is 4.68 Å². The summed E-state index contributed by atoms with van der Waals surface area (Å²) in [5, 5.41) is 3.73. The average molecular weight is 146 g/mol. The zero-order valence-electron chi connectivity index (χ0n) is 5.04. The minimum absolute atomic E-state index is 0.541. The lowest BCUT2D eigenvalue weighted by molar-refractivity contribution is 0.349. The van der Waals surface area contributed by atoms with Gasteiger partial charge in [-0.1, -0.05) is 0 Å². The third-order valence-corrected chi connectivity index (χ3v) is 1.65. The van der Waals surface area contributed by atoms with Gasteiger partial charge in [0.15, 0.2) is 6.80 Å². The average Bonchev–Trinajstić information content (AvgIpc) is 2.34. The number of hydrogen-bond acceptors (Lipinski definition) is 2. The van der Waals surface area contributed by atoms with E-state index in [1.807, 2.05) is 6.26 Å². The lowest BCUT2D eigenvalue weighted by Gasteiger charge is -1.86. The highest BCUT2D eigenvalue weighted by Gasteiger charge is 1.92. The van der Waals surface area contributed by atoms with Crippen LogP contribution in [0.15, 0.2) is 17.3 Å². The molecule has 0 saturated heterocycles. The highest BCUT2D eigenvalue weighted by atomic mass is 32.2. The maximum Gasteiger partial charge on any atom is 0.181 e. The Morgan fingerprint density at radius 3 is 3.00 bits per heavy atom. The summed E-state index contributed by atoms with van der Waals surface area (Å²) in [6, 6.07) is 0. The van der Waals surface area contributed by atoms with Crippen molar-refractivity contribution in [3.05, 3.63) is 12.4 Å². The molecule has 0 aliphatic heterocycles. The smallest absolute Gasteiger partial charge is 0.181 e. The second kappa shape index (κ2) is 2.87. The Bertz CT molecular complexity index is 168. The molecular weight excluding hydrogens is 139 g/mol. The standard InChI is InChI=1S/C5H7FN2S/c1-9-5-2-7-8(3-5)4-6/h2-3H,4H2,1H3.